The molecule has 0 fully saturated rings. The first kappa shape index (κ1) is 17.2. The third-order valence-corrected chi connectivity index (χ3v) is 3.47. The number of carboxylic acid groups (broad SMARTS) is 2. The van der Waals surface area contributed by atoms with E-state index in [1.807, 2.05) is 0 Å². The van der Waals surface area contributed by atoms with E-state index in [9.17, 15) is 19.5 Å². The van der Waals surface area contributed by atoms with Crippen LogP contribution in [0.15, 0.2) is 60.7 Å². The summed E-state index contributed by atoms with van der Waals surface area (Å²) in [7, 11) is 0. The van der Waals surface area contributed by atoms with Gasteiger partial charge in [-0.3, -0.25) is 9.59 Å². The number of aliphatic carboxylic acids is 2. The highest BCUT2D eigenvalue weighted by molar-refractivity contribution is 5.88. The third-order valence-electron chi connectivity index (χ3n) is 3.47. The molecule has 2 N–H and O–H groups in total. The van der Waals surface area contributed by atoms with Crippen molar-refractivity contribution in [3.05, 3.63) is 71.8 Å². The minimum atomic E-state index is -2.03. The molecule has 2 aromatic carbocycles. The van der Waals surface area contributed by atoms with E-state index in [1.54, 1.807) is 60.7 Å². The van der Waals surface area contributed by atoms with Crippen LogP contribution in [-0.4, -0.2) is 28.1 Å². The first-order valence-electron chi connectivity index (χ1n) is 7.25. The zero-order valence-electron chi connectivity index (χ0n) is 12.7. The summed E-state index contributed by atoms with van der Waals surface area (Å²) in [6.45, 7) is 0. The molecule has 0 aliphatic carbocycles. The maximum atomic E-state index is 12.1. The van der Waals surface area contributed by atoms with Crippen molar-refractivity contribution < 1.29 is 29.3 Å². The van der Waals surface area contributed by atoms with Crippen molar-refractivity contribution in [2.75, 3.05) is 0 Å². The molecule has 6 nitrogen and oxygen atoms in total. The van der Waals surface area contributed by atoms with Crippen LogP contribution in [0.2, 0.25) is 0 Å². The first-order valence-corrected chi connectivity index (χ1v) is 7.25. The lowest BCUT2D eigenvalue weighted by Gasteiger charge is -2.30. The zero-order chi connectivity index (χ0) is 17.6. The summed E-state index contributed by atoms with van der Waals surface area (Å²) in [6, 6.07) is 16.2. The normalized spacial score (nSPS) is 10.8. The van der Waals surface area contributed by atoms with Crippen LogP contribution in [0.1, 0.15) is 24.0 Å². The average Bonchev–Trinajstić information content (AvgIpc) is 2.59. The van der Waals surface area contributed by atoms with Crippen LogP contribution < -0.4 is 0 Å². The summed E-state index contributed by atoms with van der Waals surface area (Å²) in [4.78, 5) is 34.8. The molecule has 2 rings (SSSR count). The Labute approximate surface area is 138 Å². The molecule has 0 saturated carbocycles. The van der Waals surface area contributed by atoms with E-state index in [-0.39, 0.29) is 11.1 Å². The quantitative estimate of drug-likeness (QED) is 0.757. The number of carboxylic acids is 2. The predicted molar refractivity (Wildman–Crippen MR) is 84.3 cm³/mol. The van der Waals surface area contributed by atoms with Crippen LogP contribution in [0, 0.1) is 0 Å². The fourth-order valence-corrected chi connectivity index (χ4v) is 2.35. The van der Waals surface area contributed by atoms with Gasteiger partial charge in [-0.05, 0) is 0 Å². The molecule has 6 heteroatoms. The Bertz CT molecular complexity index is 684. The molecule has 0 bridgehead atoms. The minimum Gasteiger partial charge on any atom is -0.481 e. The van der Waals surface area contributed by atoms with Crippen LogP contribution >= 0.6 is 0 Å². The molecule has 0 radical (unpaired) electrons. The van der Waals surface area contributed by atoms with Crippen molar-refractivity contribution >= 4 is 17.9 Å². The highest BCUT2D eigenvalue weighted by Crippen LogP contribution is 2.34. The molecule has 0 heterocycles. The summed E-state index contributed by atoms with van der Waals surface area (Å²) in [5.74, 6) is -3.41. The van der Waals surface area contributed by atoms with Gasteiger partial charge in [0.2, 0.25) is 0 Å². The second kappa shape index (κ2) is 7.41. The number of rotatable bonds is 7. The molecule has 0 saturated heterocycles. The van der Waals surface area contributed by atoms with Crippen molar-refractivity contribution in [3.63, 3.8) is 0 Å². The van der Waals surface area contributed by atoms with Crippen LogP contribution in [0.3, 0.4) is 0 Å². The van der Waals surface area contributed by atoms with Gasteiger partial charge < -0.3 is 14.9 Å². The largest absolute Gasteiger partial charge is 0.481 e. The monoisotopic (exact) mass is 328 g/mol. The van der Waals surface area contributed by atoms with E-state index in [0.717, 1.165) is 0 Å². The Balaban J connectivity index is 2.50. The van der Waals surface area contributed by atoms with Crippen molar-refractivity contribution in [3.8, 4) is 0 Å². The van der Waals surface area contributed by atoms with Gasteiger partial charge >= 0.3 is 17.9 Å². The van der Waals surface area contributed by atoms with Gasteiger partial charge in [0.05, 0.1) is 12.8 Å². The standard InChI is InChI=1S/C18H16O6/c19-15(20)11-12-16(21)24-18(17(22)23,13-7-3-1-4-8-13)14-9-5-2-6-10-14/h1-10H,11-12H2,(H,19,20)(H,22,23). The topological polar surface area (TPSA) is 101 Å². The summed E-state index contributed by atoms with van der Waals surface area (Å²) in [5, 5.41) is 18.5. The van der Waals surface area contributed by atoms with Gasteiger partial charge in [0.25, 0.3) is 5.60 Å². The van der Waals surface area contributed by atoms with E-state index < -0.39 is 36.4 Å². The molecule has 0 aliphatic heterocycles. The van der Waals surface area contributed by atoms with Crippen LogP contribution in [0.25, 0.3) is 0 Å². The fourth-order valence-electron chi connectivity index (χ4n) is 2.35. The van der Waals surface area contributed by atoms with Gasteiger partial charge in [-0.1, -0.05) is 60.7 Å². The Morgan fingerprint density at radius 1 is 0.792 bits per heavy atom. The van der Waals surface area contributed by atoms with Gasteiger partial charge in [-0.25, -0.2) is 4.79 Å². The van der Waals surface area contributed by atoms with Crippen molar-refractivity contribution in [2.45, 2.75) is 18.4 Å². The predicted octanol–water partition coefficient (Wildman–Crippen LogP) is 2.42. The molecule has 0 aromatic heterocycles. The molecular formula is C18H16O6. The van der Waals surface area contributed by atoms with Gasteiger partial charge in [0.1, 0.15) is 0 Å². The Hall–Kier alpha value is -3.15. The number of hydrogen-bond acceptors (Lipinski definition) is 4. The number of benzene rings is 2. The number of esters is 1. The second-order valence-electron chi connectivity index (χ2n) is 5.09. The maximum Gasteiger partial charge on any atom is 0.357 e. The van der Waals surface area contributed by atoms with E-state index in [2.05, 4.69) is 0 Å². The van der Waals surface area contributed by atoms with Gasteiger partial charge in [0.15, 0.2) is 0 Å². The molecule has 0 aliphatic rings. The summed E-state index contributed by atoms with van der Waals surface area (Å²) < 4.78 is 5.32. The lowest BCUT2D eigenvalue weighted by Crippen LogP contribution is -2.41. The van der Waals surface area contributed by atoms with E-state index in [1.165, 1.54) is 0 Å². The molecule has 2 aromatic rings. The number of ether oxygens (including phenoxy) is 1. The average molecular weight is 328 g/mol. The smallest absolute Gasteiger partial charge is 0.357 e. The number of carbonyl (C=O) groups excluding carboxylic acids is 1. The first-order chi connectivity index (χ1) is 11.5. The SMILES string of the molecule is O=C(O)CCC(=O)OC(C(=O)O)(c1ccccc1)c1ccccc1. The van der Waals surface area contributed by atoms with Crippen LogP contribution in [0.4, 0.5) is 0 Å². The molecule has 124 valence electrons. The molecule has 0 amide bonds. The number of hydrogen-bond donors (Lipinski definition) is 2. The second-order valence-corrected chi connectivity index (χ2v) is 5.09. The van der Waals surface area contributed by atoms with Crippen LogP contribution in [-0.2, 0) is 24.7 Å². The molecule has 24 heavy (non-hydrogen) atoms. The Morgan fingerprint density at radius 2 is 1.25 bits per heavy atom. The molecule has 0 atom stereocenters. The van der Waals surface area contributed by atoms with E-state index in [4.69, 9.17) is 9.84 Å². The fraction of sp³-hybridized carbons (Fsp3) is 0.167. The summed E-state index contributed by atoms with van der Waals surface area (Å²) >= 11 is 0. The van der Waals surface area contributed by atoms with Gasteiger partial charge in [-0.15, -0.1) is 0 Å². The van der Waals surface area contributed by atoms with Crippen LogP contribution in [0.5, 0.6) is 0 Å². The minimum absolute atomic E-state index is 0.271. The van der Waals surface area contributed by atoms with Crippen molar-refractivity contribution in [2.24, 2.45) is 0 Å². The molecule has 0 spiro atoms. The lowest BCUT2D eigenvalue weighted by atomic mass is 9.86. The lowest BCUT2D eigenvalue weighted by molar-refractivity contribution is -0.175. The Morgan fingerprint density at radius 3 is 1.62 bits per heavy atom. The van der Waals surface area contributed by atoms with E-state index in [0.29, 0.717) is 0 Å². The van der Waals surface area contributed by atoms with Gasteiger partial charge in [-0.2, -0.15) is 0 Å². The van der Waals surface area contributed by atoms with E-state index >= 15 is 0 Å². The summed E-state index contributed by atoms with van der Waals surface area (Å²) in [5.41, 5.74) is -1.49. The maximum absolute atomic E-state index is 12.1. The highest BCUT2D eigenvalue weighted by atomic mass is 16.6. The van der Waals surface area contributed by atoms with Crippen molar-refractivity contribution in [1.29, 1.82) is 0 Å². The zero-order valence-corrected chi connectivity index (χ0v) is 12.7. The number of carbonyl (C=O) groups is 3. The molecular weight excluding hydrogens is 312 g/mol. The van der Waals surface area contributed by atoms with Gasteiger partial charge in [0, 0.05) is 11.1 Å². The third kappa shape index (κ3) is 3.60. The highest BCUT2D eigenvalue weighted by Gasteiger charge is 2.46. The summed E-state index contributed by atoms with van der Waals surface area (Å²) in [6.07, 6.45) is -0.845. The molecule has 0 unspecified atom stereocenters. The Kier molecular flexibility index (Phi) is 5.31. The van der Waals surface area contributed by atoms with Crippen molar-refractivity contribution in [1.82, 2.24) is 0 Å².